The smallest absolute Gasteiger partial charge is 0.225 e. The fraction of sp³-hybridized carbons (Fsp3) is 0.235. The first-order valence-electron chi connectivity index (χ1n) is 7.55. The van der Waals surface area contributed by atoms with Crippen molar-refractivity contribution in [3.63, 3.8) is 0 Å². The molecule has 24 heavy (non-hydrogen) atoms. The number of anilines is 3. The lowest BCUT2D eigenvalue weighted by molar-refractivity contribution is 0.400. The van der Waals surface area contributed by atoms with Crippen molar-refractivity contribution in [3.05, 3.63) is 53.4 Å². The van der Waals surface area contributed by atoms with Gasteiger partial charge in [-0.15, -0.1) is 0 Å². The third-order valence-corrected chi connectivity index (χ3v) is 3.35. The van der Waals surface area contributed by atoms with E-state index in [9.17, 15) is 0 Å². The van der Waals surface area contributed by atoms with Crippen molar-refractivity contribution in [1.82, 2.24) is 15.1 Å². The van der Waals surface area contributed by atoms with E-state index in [1.54, 1.807) is 7.11 Å². The molecule has 3 rings (SSSR count). The van der Waals surface area contributed by atoms with Gasteiger partial charge in [0, 0.05) is 24.4 Å². The first-order chi connectivity index (χ1) is 11.6. The van der Waals surface area contributed by atoms with E-state index in [-0.39, 0.29) is 0 Å². The monoisotopic (exact) mass is 325 g/mol. The Hall–Kier alpha value is -3.09. The Balaban J connectivity index is 1.68. The minimum Gasteiger partial charge on any atom is -0.497 e. The van der Waals surface area contributed by atoms with Gasteiger partial charge in [0.25, 0.3) is 0 Å². The molecule has 0 bridgehead atoms. The average molecular weight is 325 g/mol. The molecule has 2 N–H and O–H groups in total. The number of benzene rings is 1. The van der Waals surface area contributed by atoms with Gasteiger partial charge in [0.2, 0.25) is 5.95 Å². The van der Waals surface area contributed by atoms with E-state index >= 15 is 0 Å². The number of nitrogens with one attached hydrogen (secondary N) is 2. The minimum atomic E-state index is 0.550. The van der Waals surface area contributed by atoms with E-state index in [1.807, 2.05) is 50.2 Å². The predicted octanol–water partition coefficient (Wildman–Crippen LogP) is 3.45. The van der Waals surface area contributed by atoms with Gasteiger partial charge in [-0.05, 0) is 31.5 Å². The molecule has 0 spiro atoms. The second-order valence-corrected chi connectivity index (χ2v) is 5.37. The molecule has 0 aliphatic rings. The Morgan fingerprint density at radius 1 is 1.04 bits per heavy atom. The van der Waals surface area contributed by atoms with E-state index in [2.05, 4.69) is 25.8 Å². The normalized spacial score (nSPS) is 10.5. The van der Waals surface area contributed by atoms with Gasteiger partial charge in [-0.3, -0.25) is 0 Å². The van der Waals surface area contributed by atoms with Crippen LogP contribution in [0.15, 0.2) is 40.9 Å². The van der Waals surface area contributed by atoms with Crippen LogP contribution in [0.2, 0.25) is 0 Å². The first kappa shape index (κ1) is 15.8. The van der Waals surface area contributed by atoms with Crippen LogP contribution in [-0.2, 0) is 6.54 Å². The van der Waals surface area contributed by atoms with Gasteiger partial charge in [-0.25, -0.2) is 4.98 Å². The number of hydrogen-bond donors (Lipinski definition) is 2. The largest absolute Gasteiger partial charge is 0.497 e. The van der Waals surface area contributed by atoms with Crippen LogP contribution < -0.4 is 15.4 Å². The Morgan fingerprint density at radius 2 is 1.83 bits per heavy atom. The van der Waals surface area contributed by atoms with E-state index in [1.165, 1.54) is 0 Å². The highest BCUT2D eigenvalue weighted by atomic mass is 16.5. The number of ether oxygens (including phenoxy) is 1. The Labute approximate surface area is 140 Å². The summed E-state index contributed by atoms with van der Waals surface area (Å²) in [6.07, 6.45) is 0. The summed E-state index contributed by atoms with van der Waals surface area (Å²) in [6.45, 7) is 4.38. The zero-order valence-corrected chi connectivity index (χ0v) is 13.8. The lowest BCUT2D eigenvalue weighted by Gasteiger charge is -2.09. The van der Waals surface area contributed by atoms with Crippen molar-refractivity contribution < 1.29 is 9.26 Å². The van der Waals surface area contributed by atoms with Gasteiger partial charge in [-0.1, -0.05) is 17.3 Å². The quantitative estimate of drug-likeness (QED) is 0.718. The zero-order valence-electron chi connectivity index (χ0n) is 13.8. The van der Waals surface area contributed by atoms with Crippen LogP contribution in [0.1, 0.15) is 17.0 Å². The summed E-state index contributed by atoms with van der Waals surface area (Å²) in [5.74, 6) is 3.40. The van der Waals surface area contributed by atoms with Crippen molar-refractivity contribution in [2.75, 3.05) is 17.7 Å². The molecule has 0 saturated carbocycles. The topological polar surface area (TPSA) is 85.1 Å². The lowest BCUT2D eigenvalue weighted by Crippen LogP contribution is -2.06. The van der Waals surface area contributed by atoms with Gasteiger partial charge < -0.3 is 19.9 Å². The number of methoxy groups -OCH3 is 1. The molecule has 7 heteroatoms. The van der Waals surface area contributed by atoms with Gasteiger partial charge in [0.05, 0.1) is 7.11 Å². The number of aromatic nitrogens is 3. The molecule has 0 fully saturated rings. The second kappa shape index (κ2) is 6.99. The zero-order chi connectivity index (χ0) is 16.9. The molecular weight excluding hydrogens is 306 g/mol. The molecule has 0 unspecified atom stereocenters. The van der Waals surface area contributed by atoms with Crippen LogP contribution >= 0.6 is 0 Å². The number of aryl methyl sites for hydroxylation is 2. The lowest BCUT2D eigenvalue weighted by atomic mass is 10.2. The van der Waals surface area contributed by atoms with Crippen LogP contribution in [0, 0.1) is 13.8 Å². The fourth-order valence-electron chi connectivity index (χ4n) is 2.19. The summed E-state index contributed by atoms with van der Waals surface area (Å²) in [5.41, 5.74) is 1.97. The van der Waals surface area contributed by atoms with Crippen molar-refractivity contribution in [1.29, 1.82) is 0 Å². The van der Waals surface area contributed by atoms with Gasteiger partial charge in [0.1, 0.15) is 17.3 Å². The maximum atomic E-state index is 5.15. The highest BCUT2D eigenvalue weighted by Gasteiger charge is 2.06. The summed E-state index contributed by atoms with van der Waals surface area (Å²) in [5, 5.41) is 10.2. The highest BCUT2D eigenvalue weighted by molar-refractivity contribution is 5.53. The Kier molecular flexibility index (Phi) is 4.60. The molecule has 0 aliphatic heterocycles. The van der Waals surface area contributed by atoms with Crippen LogP contribution in [-0.4, -0.2) is 22.2 Å². The van der Waals surface area contributed by atoms with Crippen LogP contribution in [0.4, 0.5) is 17.6 Å². The number of rotatable bonds is 6. The standard InChI is InChI=1S/C17H19N5O2/c1-11-8-15(20-16-9-12(2)24-22-16)21-17(19-11)18-10-13-4-6-14(23-3)7-5-13/h4-9H,10H2,1-3H3,(H2,18,19,20,21,22). The molecule has 2 heterocycles. The Bertz CT molecular complexity index is 814. The van der Waals surface area contributed by atoms with Crippen LogP contribution in [0.25, 0.3) is 0 Å². The molecule has 1 aromatic carbocycles. The molecular formula is C17H19N5O2. The summed E-state index contributed by atoms with van der Waals surface area (Å²) in [4.78, 5) is 8.85. The summed E-state index contributed by atoms with van der Waals surface area (Å²) < 4.78 is 10.2. The van der Waals surface area contributed by atoms with Gasteiger partial charge >= 0.3 is 0 Å². The Morgan fingerprint density at radius 3 is 2.50 bits per heavy atom. The summed E-state index contributed by atoms with van der Waals surface area (Å²) in [6, 6.07) is 11.5. The first-order valence-corrected chi connectivity index (χ1v) is 7.55. The van der Waals surface area contributed by atoms with E-state index in [4.69, 9.17) is 9.26 Å². The SMILES string of the molecule is COc1ccc(CNc2nc(C)cc(Nc3cc(C)on3)n2)cc1. The number of nitrogens with zero attached hydrogens (tertiary/aromatic N) is 3. The second-order valence-electron chi connectivity index (χ2n) is 5.37. The van der Waals surface area contributed by atoms with Gasteiger partial charge in [-0.2, -0.15) is 4.98 Å². The molecule has 124 valence electrons. The molecule has 2 aromatic heterocycles. The molecule has 0 radical (unpaired) electrons. The maximum Gasteiger partial charge on any atom is 0.225 e. The molecule has 0 saturated heterocycles. The molecule has 0 aliphatic carbocycles. The van der Waals surface area contributed by atoms with E-state index in [0.717, 1.165) is 22.8 Å². The maximum absolute atomic E-state index is 5.15. The van der Waals surface area contributed by atoms with Crippen molar-refractivity contribution in [2.45, 2.75) is 20.4 Å². The fourth-order valence-corrected chi connectivity index (χ4v) is 2.19. The van der Waals surface area contributed by atoms with Crippen molar-refractivity contribution in [3.8, 4) is 5.75 Å². The summed E-state index contributed by atoms with van der Waals surface area (Å²) in [7, 11) is 1.65. The third-order valence-electron chi connectivity index (χ3n) is 3.35. The van der Waals surface area contributed by atoms with Crippen LogP contribution in [0.3, 0.4) is 0 Å². The van der Waals surface area contributed by atoms with E-state index in [0.29, 0.717) is 24.1 Å². The third kappa shape index (κ3) is 4.01. The van der Waals surface area contributed by atoms with Crippen molar-refractivity contribution >= 4 is 17.6 Å². The van der Waals surface area contributed by atoms with Gasteiger partial charge in [0.15, 0.2) is 5.82 Å². The van der Waals surface area contributed by atoms with E-state index < -0.39 is 0 Å². The summed E-state index contributed by atoms with van der Waals surface area (Å²) >= 11 is 0. The molecule has 0 amide bonds. The molecule has 3 aromatic rings. The minimum absolute atomic E-state index is 0.550. The molecule has 7 nitrogen and oxygen atoms in total. The number of hydrogen-bond acceptors (Lipinski definition) is 7. The highest BCUT2D eigenvalue weighted by Crippen LogP contribution is 2.17. The average Bonchev–Trinajstić information content (AvgIpc) is 2.98. The van der Waals surface area contributed by atoms with Crippen molar-refractivity contribution in [2.24, 2.45) is 0 Å². The predicted molar refractivity (Wildman–Crippen MR) is 91.6 cm³/mol. The van der Waals surface area contributed by atoms with Crippen LogP contribution in [0.5, 0.6) is 5.75 Å². The molecule has 0 atom stereocenters.